The Labute approximate surface area is 81.5 Å². The molecule has 2 aliphatic rings. The molecule has 2 atom stereocenters. The van der Waals surface area contributed by atoms with Crippen molar-refractivity contribution in [3.05, 3.63) is 0 Å². The quantitative estimate of drug-likeness (QED) is 0.689. The van der Waals surface area contributed by atoms with Crippen molar-refractivity contribution in [2.24, 2.45) is 5.92 Å². The Morgan fingerprint density at radius 3 is 2.85 bits per heavy atom. The second-order valence-corrected chi connectivity index (χ2v) is 4.63. The lowest BCUT2D eigenvalue weighted by molar-refractivity contribution is 0.288. The third-order valence-corrected chi connectivity index (χ3v) is 3.41. The average Bonchev–Trinajstić information content (AvgIpc) is 2.99. The summed E-state index contributed by atoms with van der Waals surface area (Å²) in [7, 11) is 0. The van der Waals surface area contributed by atoms with Crippen LogP contribution in [0.5, 0.6) is 0 Å². The van der Waals surface area contributed by atoms with Gasteiger partial charge in [-0.3, -0.25) is 0 Å². The van der Waals surface area contributed by atoms with E-state index in [4.69, 9.17) is 0 Å². The van der Waals surface area contributed by atoms with E-state index in [0.29, 0.717) is 0 Å². The maximum atomic E-state index is 3.61. The minimum atomic E-state index is 0.749. The second-order valence-electron chi connectivity index (χ2n) is 4.63. The summed E-state index contributed by atoms with van der Waals surface area (Å²) in [5.41, 5.74) is 0. The molecule has 0 aromatic carbocycles. The molecule has 1 saturated heterocycles. The fraction of sp³-hybridized carbons (Fsp3) is 1.00. The van der Waals surface area contributed by atoms with Crippen LogP contribution in [0, 0.1) is 5.92 Å². The largest absolute Gasteiger partial charge is 0.313 e. The topological polar surface area (TPSA) is 24.1 Å². The summed E-state index contributed by atoms with van der Waals surface area (Å²) >= 11 is 0. The van der Waals surface area contributed by atoms with E-state index in [0.717, 1.165) is 18.0 Å². The molecule has 2 unspecified atom stereocenters. The van der Waals surface area contributed by atoms with Gasteiger partial charge in [0, 0.05) is 18.6 Å². The molecule has 1 heterocycles. The zero-order chi connectivity index (χ0) is 9.10. The molecule has 2 heteroatoms. The van der Waals surface area contributed by atoms with Crippen LogP contribution in [0.15, 0.2) is 0 Å². The summed E-state index contributed by atoms with van der Waals surface area (Å²) in [6.07, 6.45) is 6.95. The van der Waals surface area contributed by atoms with E-state index in [1.54, 1.807) is 0 Å². The molecule has 1 saturated carbocycles. The lowest BCUT2D eigenvalue weighted by atomic mass is 9.90. The van der Waals surface area contributed by atoms with Crippen molar-refractivity contribution in [2.45, 2.75) is 51.1 Å². The van der Waals surface area contributed by atoms with Crippen LogP contribution in [0.3, 0.4) is 0 Å². The van der Waals surface area contributed by atoms with Gasteiger partial charge in [-0.2, -0.15) is 0 Å². The molecule has 0 aromatic heterocycles. The molecule has 2 fully saturated rings. The van der Waals surface area contributed by atoms with Crippen LogP contribution in [0.2, 0.25) is 0 Å². The van der Waals surface area contributed by atoms with E-state index in [2.05, 4.69) is 17.6 Å². The van der Waals surface area contributed by atoms with Gasteiger partial charge in [0.2, 0.25) is 0 Å². The molecule has 2 N–H and O–H groups in total. The first kappa shape index (κ1) is 9.47. The molecule has 1 aliphatic carbocycles. The molecule has 0 radical (unpaired) electrons. The van der Waals surface area contributed by atoms with Gasteiger partial charge in [-0.05, 0) is 38.1 Å². The van der Waals surface area contributed by atoms with E-state index in [-0.39, 0.29) is 0 Å². The van der Waals surface area contributed by atoms with Gasteiger partial charge < -0.3 is 10.6 Å². The van der Waals surface area contributed by atoms with Gasteiger partial charge in [-0.1, -0.05) is 13.3 Å². The van der Waals surface area contributed by atoms with Crippen molar-refractivity contribution in [1.82, 2.24) is 10.6 Å². The van der Waals surface area contributed by atoms with Crippen LogP contribution >= 0.6 is 0 Å². The smallest absolute Gasteiger partial charge is 0.0195 e. The molecule has 2 nitrogen and oxygen atoms in total. The molecular weight excluding hydrogens is 160 g/mol. The first-order valence-corrected chi connectivity index (χ1v) is 5.85. The number of piperidine rings is 1. The highest BCUT2D eigenvalue weighted by molar-refractivity contribution is 4.85. The normalized spacial score (nSPS) is 34.8. The molecule has 0 spiro atoms. The van der Waals surface area contributed by atoms with Crippen LogP contribution in [0.25, 0.3) is 0 Å². The maximum Gasteiger partial charge on any atom is 0.0195 e. The Bertz CT molecular complexity index is 154. The summed E-state index contributed by atoms with van der Waals surface area (Å²) in [6, 6.07) is 1.61. The Morgan fingerprint density at radius 1 is 1.31 bits per heavy atom. The van der Waals surface area contributed by atoms with Crippen LogP contribution in [-0.2, 0) is 0 Å². The van der Waals surface area contributed by atoms with E-state index < -0.39 is 0 Å². The SMILES string of the molecule is CCC1CCNC(CNC2CC2)C1. The van der Waals surface area contributed by atoms with Crippen molar-refractivity contribution in [1.29, 1.82) is 0 Å². The van der Waals surface area contributed by atoms with Gasteiger partial charge in [-0.15, -0.1) is 0 Å². The Kier molecular flexibility index (Phi) is 3.23. The van der Waals surface area contributed by atoms with Crippen LogP contribution < -0.4 is 10.6 Å². The van der Waals surface area contributed by atoms with Crippen LogP contribution in [0.1, 0.15) is 39.0 Å². The maximum absolute atomic E-state index is 3.61. The number of nitrogens with one attached hydrogen (secondary N) is 2. The fourth-order valence-corrected chi connectivity index (χ4v) is 2.22. The van der Waals surface area contributed by atoms with Crippen molar-refractivity contribution >= 4 is 0 Å². The highest BCUT2D eigenvalue weighted by atomic mass is 15.0. The van der Waals surface area contributed by atoms with Gasteiger partial charge in [-0.25, -0.2) is 0 Å². The monoisotopic (exact) mass is 182 g/mol. The molecule has 76 valence electrons. The van der Waals surface area contributed by atoms with Gasteiger partial charge >= 0.3 is 0 Å². The molecule has 0 aromatic rings. The average molecular weight is 182 g/mol. The predicted octanol–water partition coefficient (Wildman–Crippen LogP) is 1.52. The fourth-order valence-electron chi connectivity index (χ4n) is 2.22. The van der Waals surface area contributed by atoms with Crippen molar-refractivity contribution in [2.75, 3.05) is 13.1 Å². The minimum absolute atomic E-state index is 0.749. The van der Waals surface area contributed by atoms with Crippen molar-refractivity contribution in [3.63, 3.8) is 0 Å². The summed E-state index contributed by atoms with van der Waals surface area (Å²) in [5, 5.41) is 7.21. The lowest BCUT2D eigenvalue weighted by Crippen LogP contribution is -2.44. The third-order valence-electron chi connectivity index (χ3n) is 3.41. The summed E-state index contributed by atoms with van der Waals surface area (Å²) in [6.45, 7) is 4.75. The van der Waals surface area contributed by atoms with Crippen LogP contribution in [-0.4, -0.2) is 25.2 Å². The van der Waals surface area contributed by atoms with Crippen molar-refractivity contribution in [3.8, 4) is 0 Å². The van der Waals surface area contributed by atoms with Crippen LogP contribution in [0.4, 0.5) is 0 Å². The molecule has 2 rings (SSSR count). The Hall–Kier alpha value is -0.0800. The first-order chi connectivity index (χ1) is 6.38. The third kappa shape index (κ3) is 2.96. The van der Waals surface area contributed by atoms with E-state index in [1.807, 2.05) is 0 Å². The summed E-state index contributed by atoms with van der Waals surface area (Å²) in [5.74, 6) is 0.979. The number of rotatable bonds is 4. The highest BCUT2D eigenvalue weighted by Crippen LogP contribution is 2.21. The van der Waals surface area contributed by atoms with Gasteiger partial charge in [0.1, 0.15) is 0 Å². The molecular formula is C11H22N2. The Morgan fingerprint density at radius 2 is 2.15 bits per heavy atom. The lowest BCUT2D eigenvalue weighted by Gasteiger charge is -2.30. The van der Waals surface area contributed by atoms with E-state index in [9.17, 15) is 0 Å². The van der Waals surface area contributed by atoms with Crippen molar-refractivity contribution < 1.29 is 0 Å². The molecule has 0 bridgehead atoms. The zero-order valence-electron chi connectivity index (χ0n) is 8.68. The molecule has 0 amide bonds. The highest BCUT2D eigenvalue weighted by Gasteiger charge is 2.24. The van der Waals surface area contributed by atoms with Gasteiger partial charge in [0.15, 0.2) is 0 Å². The second kappa shape index (κ2) is 4.43. The molecule has 1 aliphatic heterocycles. The molecule has 13 heavy (non-hydrogen) atoms. The first-order valence-electron chi connectivity index (χ1n) is 5.85. The number of hydrogen-bond donors (Lipinski definition) is 2. The van der Waals surface area contributed by atoms with Gasteiger partial charge in [0.05, 0.1) is 0 Å². The standard InChI is InChI=1S/C11H22N2/c1-2-9-5-6-12-11(7-9)8-13-10-3-4-10/h9-13H,2-8H2,1H3. The van der Waals surface area contributed by atoms with E-state index in [1.165, 1.54) is 45.2 Å². The summed E-state index contributed by atoms with van der Waals surface area (Å²) in [4.78, 5) is 0. The zero-order valence-corrected chi connectivity index (χ0v) is 8.68. The Balaban J connectivity index is 1.65. The van der Waals surface area contributed by atoms with E-state index >= 15 is 0 Å². The number of hydrogen-bond acceptors (Lipinski definition) is 2. The predicted molar refractivity (Wildman–Crippen MR) is 55.8 cm³/mol. The minimum Gasteiger partial charge on any atom is -0.313 e. The van der Waals surface area contributed by atoms with Gasteiger partial charge in [0.25, 0.3) is 0 Å². The summed E-state index contributed by atoms with van der Waals surface area (Å²) < 4.78 is 0.